The van der Waals surface area contributed by atoms with Gasteiger partial charge < -0.3 is 5.32 Å². The number of halogens is 1. The second-order valence-corrected chi connectivity index (χ2v) is 3.94. The Morgan fingerprint density at radius 2 is 2.05 bits per heavy atom. The number of pyridine rings is 1. The Balaban J connectivity index is 1.89. The average molecular weight is 256 g/mol. The number of hydrogen-bond acceptors (Lipinski definition) is 3. The van der Waals surface area contributed by atoms with Crippen molar-refractivity contribution in [2.24, 2.45) is 0 Å². The van der Waals surface area contributed by atoms with Gasteiger partial charge in [0, 0.05) is 11.6 Å². The summed E-state index contributed by atoms with van der Waals surface area (Å²) < 4.78 is 12.7. The first-order valence-corrected chi connectivity index (χ1v) is 5.60. The number of hydrogen-bond donors (Lipinski definition) is 2. The van der Waals surface area contributed by atoms with Crippen LogP contribution in [0.25, 0.3) is 10.9 Å². The lowest BCUT2D eigenvalue weighted by Crippen LogP contribution is -2.12. The number of benzene rings is 1. The molecular weight excluding hydrogens is 247 g/mol. The van der Waals surface area contributed by atoms with Crippen molar-refractivity contribution in [1.29, 1.82) is 0 Å². The number of carbonyl (C=O) groups excluding carboxylic acids is 1. The molecule has 1 amide bonds. The lowest BCUT2D eigenvalue weighted by molar-refractivity contribution is 0.102. The molecule has 1 aromatic carbocycles. The summed E-state index contributed by atoms with van der Waals surface area (Å²) in [6.45, 7) is 0. The van der Waals surface area contributed by atoms with Crippen LogP contribution >= 0.6 is 0 Å². The van der Waals surface area contributed by atoms with E-state index in [0.717, 1.165) is 17.0 Å². The van der Waals surface area contributed by atoms with Crippen LogP contribution in [0.1, 0.15) is 10.4 Å². The third-order valence-corrected chi connectivity index (χ3v) is 2.69. The lowest BCUT2D eigenvalue weighted by Gasteiger charge is -2.01. The summed E-state index contributed by atoms with van der Waals surface area (Å²) in [5.74, 6) is -0.573. The highest BCUT2D eigenvalue weighted by atomic mass is 19.1. The van der Waals surface area contributed by atoms with Crippen molar-refractivity contribution in [2.45, 2.75) is 0 Å². The van der Waals surface area contributed by atoms with Gasteiger partial charge in [-0.15, -0.1) is 0 Å². The molecule has 0 spiro atoms. The maximum absolute atomic E-state index is 12.7. The molecule has 0 saturated carbocycles. The van der Waals surface area contributed by atoms with Crippen LogP contribution in [0.3, 0.4) is 0 Å². The molecule has 0 bridgehead atoms. The number of aromatic nitrogens is 3. The van der Waals surface area contributed by atoms with Gasteiger partial charge in [0.15, 0.2) is 5.82 Å². The number of H-pyrrole nitrogens is 1. The van der Waals surface area contributed by atoms with Crippen LogP contribution in [0.2, 0.25) is 0 Å². The predicted molar refractivity (Wildman–Crippen MR) is 68.2 cm³/mol. The predicted octanol–water partition coefficient (Wildman–Crippen LogP) is 2.35. The van der Waals surface area contributed by atoms with Crippen LogP contribution in [0.15, 0.2) is 42.6 Å². The molecule has 6 heteroatoms. The van der Waals surface area contributed by atoms with Crippen molar-refractivity contribution < 1.29 is 9.18 Å². The van der Waals surface area contributed by atoms with E-state index in [-0.39, 0.29) is 11.5 Å². The van der Waals surface area contributed by atoms with Gasteiger partial charge in [-0.25, -0.2) is 4.98 Å². The van der Waals surface area contributed by atoms with Gasteiger partial charge in [-0.05, 0) is 24.3 Å². The van der Waals surface area contributed by atoms with Gasteiger partial charge in [0.2, 0.25) is 5.95 Å². The number of aromatic amines is 1. The number of rotatable bonds is 2. The molecule has 3 rings (SSSR count). The molecule has 3 aromatic rings. The number of nitrogens with one attached hydrogen (secondary N) is 2. The van der Waals surface area contributed by atoms with E-state index in [1.165, 1.54) is 12.3 Å². The van der Waals surface area contributed by atoms with Crippen LogP contribution in [-0.4, -0.2) is 21.1 Å². The number of para-hydroxylation sites is 1. The molecule has 2 N–H and O–H groups in total. The smallest absolute Gasteiger partial charge is 0.258 e. The van der Waals surface area contributed by atoms with Crippen molar-refractivity contribution in [1.82, 2.24) is 15.2 Å². The summed E-state index contributed by atoms with van der Waals surface area (Å²) in [6.07, 6.45) is 1.18. The fourth-order valence-electron chi connectivity index (χ4n) is 1.75. The Labute approximate surface area is 107 Å². The zero-order valence-corrected chi connectivity index (χ0v) is 9.72. The zero-order chi connectivity index (χ0) is 13.2. The molecule has 0 aliphatic carbocycles. The maximum atomic E-state index is 12.7. The molecule has 0 fully saturated rings. The van der Waals surface area contributed by atoms with Crippen LogP contribution in [0, 0.1) is 5.95 Å². The highest BCUT2D eigenvalue weighted by Gasteiger charge is 2.11. The van der Waals surface area contributed by atoms with E-state index in [1.54, 1.807) is 0 Å². The highest BCUT2D eigenvalue weighted by Crippen LogP contribution is 2.20. The summed E-state index contributed by atoms with van der Waals surface area (Å²) in [5.41, 5.74) is 1.10. The second-order valence-electron chi connectivity index (χ2n) is 3.94. The molecule has 2 aromatic heterocycles. The van der Waals surface area contributed by atoms with E-state index >= 15 is 0 Å². The standard InChI is InChI=1S/C13H9FN4O/c14-11-6-5-8(7-15-11)13(19)16-12-9-3-1-2-4-10(9)17-18-12/h1-7H,(H2,16,17,18,19). The molecule has 0 saturated heterocycles. The third kappa shape index (κ3) is 2.15. The summed E-state index contributed by atoms with van der Waals surface area (Å²) in [5, 5.41) is 10.3. The van der Waals surface area contributed by atoms with Crippen molar-refractivity contribution in [3.8, 4) is 0 Å². The van der Waals surface area contributed by atoms with Crippen molar-refractivity contribution >= 4 is 22.6 Å². The van der Waals surface area contributed by atoms with Crippen LogP contribution in [-0.2, 0) is 0 Å². The van der Waals surface area contributed by atoms with Gasteiger partial charge in [-0.2, -0.15) is 9.49 Å². The molecule has 0 radical (unpaired) electrons. The van der Waals surface area contributed by atoms with Gasteiger partial charge in [-0.1, -0.05) is 12.1 Å². The monoisotopic (exact) mass is 256 g/mol. The van der Waals surface area contributed by atoms with E-state index in [9.17, 15) is 9.18 Å². The average Bonchev–Trinajstić information content (AvgIpc) is 2.83. The first kappa shape index (κ1) is 11.3. The van der Waals surface area contributed by atoms with E-state index in [1.807, 2.05) is 24.3 Å². The number of nitrogens with zero attached hydrogens (tertiary/aromatic N) is 2. The van der Waals surface area contributed by atoms with Crippen LogP contribution in [0.4, 0.5) is 10.2 Å². The van der Waals surface area contributed by atoms with Gasteiger partial charge in [0.25, 0.3) is 5.91 Å². The normalized spacial score (nSPS) is 10.6. The summed E-state index contributed by atoms with van der Waals surface area (Å²) in [7, 11) is 0. The van der Waals surface area contributed by atoms with Crippen LogP contribution < -0.4 is 5.32 Å². The summed E-state index contributed by atoms with van der Waals surface area (Å²) >= 11 is 0. The summed E-state index contributed by atoms with van der Waals surface area (Å²) in [4.78, 5) is 15.4. The van der Waals surface area contributed by atoms with Crippen LogP contribution in [0.5, 0.6) is 0 Å². The minimum atomic E-state index is -0.623. The van der Waals surface area contributed by atoms with Gasteiger partial charge in [0.05, 0.1) is 11.1 Å². The fraction of sp³-hybridized carbons (Fsp3) is 0. The molecule has 0 atom stereocenters. The SMILES string of the molecule is O=C(Nc1n[nH]c2ccccc12)c1ccc(F)nc1. The first-order valence-electron chi connectivity index (χ1n) is 5.60. The highest BCUT2D eigenvalue weighted by molar-refractivity contribution is 6.07. The minimum absolute atomic E-state index is 0.272. The van der Waals surface area contributed by atoms with E-state index in [4.69, 9.17) is 0 Å². The van der Waals surface area contributed by atoms with Crippen molar-refractivity contribution in [2.75, 3.05) is 5.32 Å². The van der Waals surface area contributed by atoms with E-state index < -0.39 is 5.95 Å². The number of amides is 1. The molecule has 0 unspecified atom stereocenters. The quantitative estimate of drug-likeness (QED) is 0.691. The molecule has 94 valence electrons. The topological polar surface area (TPSA) is 70.7 Å². The molecule has 19 heavy (non-hydrogen) atoms. The Hall–Kier alpha value is -2.76. The van der Waals surface area contributed by atoms with Crippen molar-refractivity contribution in [3.05, 3.63) is 54.1 Å². The first-order chi connectivity index (χ1) is 9.24. The largest absolute Gasteiger partial charge is 0.305 e. The van der Waals surface area contributed by atoms with Gasteiger partial charge >= 0.3 is 0 Å². The Kier molecular flexibility index (Phi) is 2.68. The molecule has 2 heterocycles. The van der Waals surface area contributed by atoms with E-state index in [2.05, 4.69) is 20.5 Å². The Morgan fingerprint density at radius 1 is 1.21 bits per heavy atom. The number of carbonyl (C=O) groups is 1. The third-order valence-electron chi connectivity index (χ3n) is 2.69. The molecule has 0 aliphatic rings. The Morgan fingerprint density at radius 3 is 2.84 bits per heavy atom. The van der Waals surface area contributed by atoms with Gasteiger partial charge in [-0.3, -0.25) is 9.89 Å². The number of fused-ring (bicyclic) bond motifs is 1. The molecule has 0 aliphatic heterocycles. The second kappa shape index (κ2) is 4.49. The van der Waals surface area contributed by atoms with Crippen molar-refractivity contribution in [3.63, 3.8) is 0 Å². The maximum Gasteiger partial charge on any atom is 0.258 e. The minimum Gasteiger partial charge on any atom is -0.305 e. The zero-order valence-electron chi connectivity index (χ0n) is 9.72. The van der Waals surface area contributed by atoms with Gasteiger partial charge in [0.1, 0.15) is 0 Å². The number of anilines is 1. The van der Waals surface area contributed by atoms with E-state index in [0.29, 0.717) is 5.82 Å². The molecule has 5 nitrogen and oxygen atoms in total. The summed E-state index contributed by atoms with van der Waals surface area (Å²) in [6, 6.07) is 9.93. The fourth-order valence-corrected chi connectivity index (χ4v) is 1.75. The molecular formula is C13H9FN4O. The lowest BCUT2D eigenvalue weighted by atomic mass is 10.2. The Bertz CT molecular complexity index is 736.